The number of rotatable bonds is 6. The van der Waals surface area contributed by atoms with E-state index >= 15 is 0 Å². The minimum Gasteiger partial charge on any atom is -0.550 e. The van der Waals surface area contributed by atoms with Crippen LogP contribution >= 0.6 is 11.8 Å². The molecule has 3 rings (SSSR count). The Kier molecular flexibility index (Phi) is 8.98. The molecule has 0 aromatic carbocycles. The molecule has 0 radical (unpaired) electrons. The van der Waals surface area contributed by atoms with E-state index in [1.165, 1.54) is 19.0 Å². The average molecular weight is 417 g/mol. The summed E-state index contributed by atoms with van der Waals surface area (Å²) in [4.78, 5) is 48.3. The van der Waals surface area contributed by atoms with E-state index in [-0.39, 0.29) is 41.8 Å². The Morgan fingerprint density at radius 3 is 2.57 bits per heavy atom. The molecule has 0 spiro atoms. The first kappa shape index (κ1) is 23.5. The number of carbonyl (C=O) groups is 2. The van der Waals surface area contributed by atoms with Crippen molar-refractivity contribution in [2.24, 2.45) is 7.05 Å². The van der Waals surface area contributed by atoms with Crippen LogP contribution in [0.15, 0.2) is 29.0 Å². The van der Waals surface area contributed by atoms with Crippen molar-refractivity contribution in [1.29, 1.82) is 0 Å². The number of nitro groups is 1. The molecule has 3 heterocycles. The smallest absolute Gasteiger partial charge is 0.550 e. The molecule has 0 saturated heterocycles. The fourth-order valence-corrected chi connectivity index (χ4v) is 2.72. The van der Waals surface area contributed by atoms with Crippen LogP contribution in [0, 0.1) is 10.1 Å². The summed E-state index contributed by atoms with van der Waals surface area (Å²) in [7, 11) is 1.69. The predicted octanol–water partition coefficient (Wildman–Crippen LogP) is -3.25. The number of carbonyl (C=O) groups excluding carboxylic acids is 1. The SMILES string of the molecule is Cn1cnc([N+](=O)[O-])c1Sc1ncnc2nc[nH]c12.O=C([O-])CCC(=O)O.[Na+]. The number of aromatic nitrogens is 6. The molecule has 13 nitrogen and oxygen atoms in total. The molecule has 28 heavy (non-hydrogen) atoms. The summed E-state index contributed by atoms with van der Waals surface area (Å²) in [6.07, 6.45) is 3.50. The first-order valence-electron chi connectivity index (χ1n) is 7.19. The number of aliphatic carboxylic acids is 2. The third kappa shape index (κ3) is 6.26. The van der Waals surface area contributed by atoms with E-state index in [2.05, 4.69) is 24.9 Å². The van der Waals surface area contributed by atoms with Gasteiger partial charge in [-0.1, -0.05) is 0 Å². The first-order chi connectivity index (χ1) is 12.8. The second-order valence-corrected chi connectivity index (χ2v) is 5.87. The van der Waals surface area contributed by atoms with Crippen LogP contribution in [0.2, 0.25) is 0 Å². The Balaban J connectivity index is 0.000000376. The van der Waals surface area contributed by atoms with Gasteiger partial charge in [-0.05, 0) is 28.1 Å². The van der Waals surface area contributed by atoms with E-state index < -0.39 is 23.3 Å². The predicted molar refractivity (Wildman–Crippen MR) is 87.5 cm³/mol. The van der Waals surface area contributed by atoms with Crippen molar-refractivity contribution >= 4 is 40.7 Å². The third-order valence-corrected chi connectivity index (χ3v) is 4.13. The van der Waals surface area contributed by atoms with Gasteiger partial charge in [0.2, 0.25) is 6.33 Å². The number of hydrogen-bond acceptors (Lipinski definition) is 10. The minimum absolute atomic E-state index is 0. The Bertz CT molecular complexity index is 977. The molecule has 0 amide bonds. The van der Waals surface area contributed by atoms with Crippen LogP contribution in [-0.4, -0.2) is 51.5 Å². The number of carboxylic acid groups (broad SMARTS) is 2. The summed E-state index contributed by atoms with van der Waals surface area (Å²) in [5.74, 6) is -2.64. The van der Waals surface area contributed by atoms with Gasteiger partial charge in [0.25, 0.3) is 0 Å². The van der Waals surface area contributed by atoms with Crippen molar-refractivity contribution in [3.8, 4) is 0 Å². The molecule has 0 unspecified atom stereocenters. The van der Waals surface area contributed by atoms with Gasteiger partial charge in [-0.15, -0.1) is 0 Å². The van der Waals surface area contributed by atoms with E-state index in [4.69, 9.17) is 5.11 Å². The topological polar surface area (TPSA) is 193 Å². The Morgan fingerprint density at radius 2 is 2.00 bits per heavy atom. The monoisotopic (exact) mass is 417 g/mol. The maximum Gasteiger partial charge on any atom is 1.00 e. The van der Waals surface area contributed by atoms with E-state index in [1.807, 2.05) is 0 Å². The molecule has 0 fully saturated rings. The molecule has 142 valence electrons. The first-order valence-corrected chi connectivity index (χ1v) is 8.00. The second kappa shape index (κ2) is 10.7. The van der Waals surface area contributed by atoms with Crippen LogP contribution in [-0.2, 0) is 16.6 Å². The molecule has 0 bridgehead atoms. The maximum atomic E-state index is 10.9. The van der Waals surface area contributed by atoms with E-state index in [1.54, 1.807) is 11.6 Å². The van der Waals surface area contributed by atoms with Crippen LogP contribution in [0.25, 0.3) is 11.2 Å². The third-order valence-electron chi connectivity index (χ3n) is 2.96. The zero-order valence-corrected chi connectivity index (χ0v) is 17.5. The van der Waals surface area contributed by atoms with Gasteiger partial charge in [-0.2, -0.15) is 0 Å². The summed E-state index contributed by atoms with van der Waals surface area (Å²) >= 11 is 1.15. The molecule has 0 aliphatic heterocycles. The Labute approximate surface area is 183 Å². The van der Waals surface area contributed by atoms with Gasteiger partial charge in [-0.3, -0.25) is 4.79 Å². The van der Waals surface area contributed by atoms with Crippen molar-refractivity contribution < 1.29 is 54.3 Å². The number of nitrogens with zero attached hydrogens (tertiary/aromatic N) is 6. The quantitative estimate of drug-likeness (QED) is 0.177. The number of H-pyrrole nitrogens is 1. The summed E-state index contributed by atoms with van der Waals surface area (Å²) in [5.41, 5.74) is 1.16. The van der Waals surface area contributed by atoms with Crippen molar-refractivity contribution in [2.45, 2.75) is 22.9 Å². The maximum absolute atomic E-state index is 10.9. The fourth-order valence-electron chi connectivity index (χ4n) is 1.77. The molecule has 15 heteroatoms. The van der Waals surface area contributed by atoms with Crippen LogP contribution in [0.4, 0.5) is 5.82 Å². The number of aromatic amines is 1. The second-order valence-electron chi connectivity index (χ2n) is 4.89. The Morgan fingerprint density at radius 1 is 1.29 bits per heavy atom. The molecule has 0 atom stereocenters. The summed E-state index contributed by atoms with van der Waals surface area (Å²) < 4.78 is 1.58. The van der Waals surface area contributed by atoms with Crippen LogP contribution in [0.1, 0.15) is 12.8 Å². The van der Waals surface area contributed by atoms with Gasteiger partial charge in [0.1, 0.15) is 16.9 Å². The molecule has 2 N–H and O–H groups in total. The fraction of sp³-hybridized carbons (Fsp3) is 0.231. The Hall–Kier alpha value is -2.55. The zero-order valence-electron chi connectivity index (χ0n) is 14.7. The number of carboxylic acids is 2. The van der Waals surface area contributed by atoms with Gasteiger partial charge >= 0.3 is 41.3 Å². The van der Waals surface area contributed by atoms with Crippen LogP contribution in [0.5, 0.6) is 0 Å². The summed E-state index contributed by atoms with van der Waals surface area (Å²) in [5, 5.41) is 29.3. The average Bonchev–Trinajstić information content (AvgIpc) is 3.21. The molecule has 3 aromatic rings. The summed E-state index contributed by atoms with van der Waals surface area (Å²) in [6.45, 7) is 0. The number of imidazole rings is 2. The van der Waals surface area contributed by atoms with Gasteiger partial charge in [0, 0.05) is 13.0 Å². The van der Waals surface area contributed by atoms with E-state index in [0.29, 0.717) is 21.2 Å². The minimum atomic E-state index is -1.33. The number of nitrogens with one attached hydrogen (secondary N) is 1. The number of fused-ring (bicyclic) bond motifs is 1. The van der Waals surface area contributed by atoms with E-state index in [0.717, 1.165) is 11.8 Å². The van der Waals surface area contributed by atoms with Gasteiger partial charge in [0.05, 0.1) is 12.7 Å². The van der Waals surface area contributed by atoms with Crippen LogP contribution < -0.4 is 34.7 Å². The molecular weight excluding hydrogens is 405 g/mol. The molecule has 0 aliphatic rings. The number of hydrogen-bond donors (Lipinski definition) is 2. The summed E-state index contributed by atoms with van der Waals surface area (Å²) in [6, 6.07) is 0. The largest absolute Gasteiger partial charge is 1.00 e. The van der Waals surface area contributed by atoms with Gasteiger partial charge in [-0.25, -0.2) is 15.0 Å². The van der Waals surface area contributed by atoms with Crippen molar-refractivity contribution in [1.82, 2.24) is 29.5 Å². The van der Waals surface area contributed by atoms with Crippen molar-refractivity contribution in [3.63, 3.8) is 0 Å². The zero-order chi connectivity index (χ0) is 20.0. The molecule has 3 aromatic heterocycles. The molecule has 0 saturated carbocycles. The standard InChI is InChI=1S/C9H7N7O2S.C4H6O4.Na/c1-15-4-14-7(16(17)18)9(15)19-8-5-6(11-2-10-5)12-3-13-8;5-3(6)1-2-4(7)8;/h2-4H,1H3,(H,10,11,12,13);1-2H2,(H,5,6)(H,7,8);/q;;+1/p-1. The van der Waals surface area contributed by atoms with Crippen LogP contribution in [0.3, 0.4) is 0 Å². The number of aryl methyl sites for hydroxylation is 1. The van der Waals surface area contributed by atoms with Crippen molar-refractivity contribution in [3.05, 3.63) is 29.1 Å². The van der Waals surface area contributed by atoms with Gasteiger partial charge < -0.3 is 34.7 Å². The normalized spacial score (nSPS) is 9.89. The van der Waals surface area contributed by atoms with Crippen molar-refractivity contribution in [2.75, 3.05) is 0 Å². The van der Waals surface area contributed by atoms with E-state index in [9.17, 15) is 24.8 Å². The van der Waals surface area contributed by atoms with Gasteiger partial charge in [0.15, 0.2) is 10.7 Å². The molecule has 0 aliphatic carbocycles. The molecular formula is C13H12N7NaO6S.